The minimum atomic E-state index is -1.11. The van der Waals surface area contributed by atoms with Gasteiger partial charge in [0.1, 0.15) is 0 Å². The van der Waals surface area contributed by atoms with Gasteiger partial charge in [-0.1, -0.05) is 48.5 Å². The third-order valence-electron chi connectivity index (χ3n) is 5.12. The summed E-state index contributed by atoms with van der Waals surface area (Å²) in [6.07, 6.45) is 2.59. The van der Waals surface area contributed by atoms with Gasteiger partial charge in [0.05, 0.1) is 18.2 Å². The number of fused-ring (bicyclic) bond motifs is 2. The summed E-state index contributed by atoms with van der Waals surface area (Å²) < 4.78 is 10.6. The van der Waals surface area contributed by atoms with E-state index in [4.69, 9.17) is 14.5 Å². The fourth-order valence-corrected chi connectivity index (χ4v) is 3.76. The van der Waals surface area contributed by atoms with E-state index in [0.717, 1.165) is 47.8 Å². The molecule has 0 radical (unpaired) electrons. The summed E-state index contributed by atoms with van der Waals surface area (Å²) in [7, 11) is 1.29. The summed E-state index contributed by atoms with van der Waals surface area (Å²) in [6, 6.07) is 16.5. The highest BCUT2D eigenvalue weighted by Crippen LogP contribution is 2.31. The Morgan fingerprint density at radius 2 is 1.68 bits per heavy atom. The molecular formula is C23H21NO4. The second-order valence-corrected chi connectivity index (χ2v) is 6.86. The normalized spacial score (nSPS) is 14.2. The van der Waals surface area contributed by atoms with Crippen molar-refractivity contribution in [3.05, 3.63) is 77.0 Å². The Morgan fingerprint density at radius 3 is 2.46 bits per heavy atom. The van der Waals surface area contributed by atoms with Gasteiger partial charge in [0.2, 0.25) is 6.10 Å². The molecule has 1 aliphatic carbocycles. The maximum atomic E-state index is 13.3. The Balaban J connectivity index is 1.79. The van der Waals surface area contributed by atoms with E-state index >= 15 is 0 Å². The molecule has 4 rings (SSSR count). The second-order valence-electron chi connectivity index (χ2n) is 6.86. The molecule has 3 aromatic rings. The number of aromatic nitrogens is 1. The van der Waals surface area contributed by atoms with Gasteiger partial charge in [-0.25, -0.2) is 9.59 Å². The number of para-hydroxylation sites is 1. The zero-order valence-corrected chi connectivity index (χ0v) is 15.7. The third kappa shape index (κ3) is 3.36. The van der Waals surface area contributed by atoms with E-state index in [9.17, 15) is 9.59 Å². The van der Waals surface area contributed by atoms with Crippen LogP contribution in [0.5, 0.6) is 0 Å². The molecule has 1 atom stereocenters. The Labute approximate surface area is 163 Å². The quantitative estimate of drug-likeness (QED) is 0.640. The molecule has 0 saturated carbocycles. The van der Waals surface area contributed by atoms with Gasteiger partial charge in [0, 0.05) is 16.6 Å². The number of carbonyl (C=O) groups excluding carboxylic acids is 2. The van der Waals surface area contributed by atoms with Crippen molar-refractivity contribution in [3.8, 4) is 0 Å². The average molecular weight is 375 g/mol. The number of aryl methyl sites for hydroxylation is 1. The molecule has 1 aliphatic rings. The van der Waals surface area contributed by atoms with E-state index in [1.54, 1.807) is 24.3 Å². The smallest absolute Gasteiger partial charge is 0.351 e. The van der Waals surface area contributed by atoms with Crippen molar-refractivity contribution in [2.24, 2.45) is 0 Å². The SMILES string of the molecule is COC(=O)C(OC(=O)c1c2c(nc3ccccc13)CCCC2)c1ccccc1. The number of esters is 2. The maximum absolute atomic E-state index is 13.3. The Hall–Kier alpha value is -3.21. The zero-order chi connectivity index (χ0) is 19.5. The van der Waals surface area contributed by atoms with E-state index in [0.29, 0.717) is 11.1 Å². The first kappa shape index (κ1) is 18.2. The molecule has 0 fully saturated rings. The van der Waals surface area contributed by atoms with Crippen LogP contribution in [0.1, 0.15) is 46.1 Å². The minimum Gasteiger partial charge on any atom is -0.466 e. The number of nitrogens with zero attached hydrogens (tertiary/aromatic N) is 1. The summed E-state index contributed by atoms with van der Waals surface area (Å²) in [5.74, 6) is -1.12. The molecule has 1 heterocycles. The second kappa shape index (κ2) is 7.80. The third-order valence-corrected chi connectivity index (χ3v) is 5.12. The molecule has 0 bridgehead atoms. The lowest BCUT2D eigenvalue weighted by atomic mass is 9.90. The largest absolute Gasteiger partial charge is 0.466 e. The Kier molecular flexibility index (Phi) is 5.06. The first-order valence-electron chi connectivity index (χ1n) is 9.43. The molecule has 0 N–H and O–H groups in total. The number of pyridine rings is 1. The predicted octanol–water partition coefficient (Wildman–Crippen LogP) is 4.18. The standard InChI is InChI=1S/C23H21NO4/c1-27-23(26)21(15-9-3-2-4-10-15)28-22(25)20-16-11-5-7-13-18(16)24-19-14-8-6-12-17(19)20/h2-5,7,9-11,13,21H,6,8,12,14H2,1H3. The molecule has 142 valence electrons. The van der Waals surface area contributed by atoms with Crippen LogP contribution in [-0.2, 0) is 27.1 Å². The van der Waals surface area contributed by atoms with Crippen LogP contribution < -0.4 is 0 Å². The monoisotopic (exact) mass is 375 g/mol. The van der Waals surface area contributed by atoms with Crippen molar-refractivity contribution in [2.75, 3.05) is 7.11 Å². The highest BCUT2D eigenvalue weighted by molar-refractivity contribution is 6.05. The fourth-order valence-electron chi connectivity index (χ4n) is 3.76. The molecule has 2 aromatic carbocycles. The molecular weight excluding hydrogens is 354 g/mol. The van der Waals surface area contributed by atoms with Gasteiger partial charge in [0.15, 0.2) is 0 Å². The summed E-state index contributed by atoms with van der Waals surface area (Å²) >= 11 is 0. The van der Waals surface area contributed by atoms with E-state index in [-0.39, 0.29) is 0 Å². The average Bonchev–Trinajstić information content (AvgIpc) is 2.75. The van der Waals surface area contributed by atoms with Crippen LogP contribution in [0.4, 0.5) is 0 Å². The van der Waals surface area contributed by atoms with E-state index < -0.39 is 18.0 Å². The van der Waals surface area contributed by atoms with Gasteiger partial charge in [-0.05, 0) is 37.3 Å². The molecule has 5 nitrogen and oxygen atoms in total. The summed E-state index contributed by atoms with van der Waals surface area (Å²) in [5, 5.41) is 0.754. The van der Waals surface area contributed by atoms with E-state index in [1.165, 1.54) is 7.11 Å². The number of hydrogen-bond acceptors (Lipinski definition) is 5. The number of hydrogen-bond donors (Lipinski definition) is 0. The van der Waals surface area contributed by atoms with Crippen LogP contribution in [0.15, 0.2) is 54.6 Å². The summed E-state index contributed by atoms with van der Waals surface area (Å²) in [5.41, 5.74) is 3.75. The first-order chi connectivity index (χ1) is 13.7. The maximum Gasteiger partial charge on any atom is 0.351 e. The first-order valence-corrected chi connectivity index (χ1v) is 9.43. The lowest BCUT2D eigenvalue weighted by Crippen LogP contribution is -2.23. The summed E-state index contributed by atoms with van der Waals surface area (Å²) in [4.78, 5) is 30.3. The molecule has 0 aliphatic heterocycles. The topological polar surface area (TPSA) is 65.5 Å². The van der Waals surface area contributed by atoms with Crippen LogP contribution in [0.3, 0.4) is 0 Å². The summed E-state index contributed by atoms with van der Waals surface area (Å²) in [6.45, 7) is 0. The Bertz CT molecular complexity index is 1030. The number of ether oxygens (including phenoxy) is 2. The van der Waals surface area contributed by atoms with Crippen LogP contribution in [0, 0.1) is 0 Å². The number of benzene rings is 2. The lowest BCUT2D eigenvalue weighted by Gasteiger charge is -2.22. The van der Waals surface area contributed by atoms with Gasteiger partial charge in [-0.3, -0.25) is 4.98 Å². The van der Waals surface area contributed by atoms with Crippen molar-refractivity contribution < 1.29 is 19.1 Å². The lowest BCUT2D eigenvalue weighted by molar-refractivity contribution is -0.151. The molecule has 0 amide bonds. The minimum absolute atomic E-state index is 0.518. The number of methoxy groups -OCH3 is 1. The van der Waals surface area contributed by atoms with E-state index in [1.807, 2.05) is 30.3 Å². The Morgan fingerprint density at radius 1 is 0.964 bits per heavy atom. The van der Waals surface area contributed by atoms with Crippen LogP contribution in [-0.4, -0.2) is 24.0 Å². The molecule has 28 heavy (non-hydrogen) atoms. The van der Waals surface area contributed by atoms with Gasteiger partial charge in [-0.2, -0.15) is 0 Å². The zero-order valence-electron chi connectivity index (χ0n) is 15.7. The van der Waals surface area contributed by atoms with E-state index in [2.05, 4.69) is 0 Å². The van der Waals surface area contributed by atoms with Crippen molar-refractivity contribution in [1.29, 1.82) is 0 Å². The molecule has 1 aromatic heterocycles. The molecule has 1 unspecified atom stereocenters. The predicted molar refractivity (Wildman–Crippen MR) is 105 cm³/mol. The molecule has 5 heteroatoms. The fraction of sp³-hybridized carbons (Fsp3) is 0.261. The van der Waals surface area contributed by atoms with Crippen LogP contribution in [0.25, 0.3) is 10.9 Å². The molecule has 0 saturated heterocycles. The van der Waals surface area contributed by atoms with Gasteiger partial charge >= 0.3 is 11.9 Å². The van der Waals surface area contributed by atoms with Gasteiger partial charge in [0.25, 0.3) is 0 Å². The highest BCUT2D eigenvalue weighted by Gasteiger charge is 2.30. The molecule has 0 spiro atoms. The van der Waals surface area contributed by atoms with Crippen LogP contribution in [0.2, 0.25) is 0 Å². The van der Waals surface area contributed by atoms with Gasteiger partial charge in [-0.15, -0.1) is 0 Å². The van der Waals surface area contributed by atoms with Gasteiger partial charge < -0.3 is 9.47 Å². The number of rotatable bonds is 4. The van der Waals surface area contributed by atoms with Crippen LogP contribution >= 0.6 is 0 Å². The van der Waals surface area contributed by atoms with Crippen molar-refractivity contribution in [3.63, 3.8) is 0 Å². The van der Waals surface area contributed by atoms with Crippen molar-refractivity contribution in [2.45, 2.75) is 31.8 Å². The van der Waals surface area contributed by atoms with Crippen molar-refractivity contribution in [1.82, 2.24) is 4.98 Å². The number of carbonyl (C=O) groups is 2. The van der Waals surface area contributed by atoms with Crippen molar-refractivity contribution >= 4 is 22.8 Å². The highest BCUT2D eigenvalue weighted by atomic mass is 16.6.